The summed E-state index contributed by atoms with van der Waals surface area (Å²) in [6.45, 7) is 2.38. The molecule has 31 heavy (non-hydrogen) atoms. The Bertz CT molecular complexity index is 1040. The molecule has 0 aliphatic carbocycles. The molecule has 0 saturated carbocycles. The lowest BCUT2D eigenvalue weighted by Crippen LogP contribution is -2.16. The number of hydrogen-bond acceptors (Lipinski definition) is 7. The van der Waals surface area contributed by atoms with E-state index in [4.69, 9.17) is 14.2 Å². The van der Waals surface area contributed by atoms with Crippen LogP contribution in [0.1, 0.15) is 23.0 Å². The number of para-hydroxylation sites is 2. The van der Waals surface area contributed by atoms with Gasteiger partial charge in [-0.2, -0.15) is 0 Å². The Balaban J connectivity index is 1.63. The highest BCUT2D eigenvalue weighted by Crippen LogP contribution is 2.25. The molecule has 0 bridgehead atoms. The van der Waals surface area contributed by atoms with Gasteiger partial charge in [0.05, 0.1) is 38.6 Å². The molecule has 1 heterocycles. The van der Waals surface area contributed by atoms with Gasteiger partial charge < -0.3 is 19.5 Å². The van der Waals surface area contributed by atoms with Gasteiger partial charge in [0.15, 0.2) is 5.13 Å². The van der Waals surface area contributed by atoms with E-state index >= 15 is 0 Å². The van der Waals surface area contributed by atoms with E-state index in [0.29, 0.717) is 45.9 Å². The van der Waals surface area contributed by atoms with Crippen LogP contribution >= 0.6 is 11.3 Å². The second kappa shape index (κ2) is 10.4. The fourth-order valence-electron chi connectivity index (χ4n) is 2.76. The summed E-state index contributed by atoms with van der Waals surface area (Å²) in [6.07, 6.45) is 0.0693. The van der Waals surface area contributed by atoms with Gasteiger partial charge >= 0.3 is 0 Å². The molecule has 0 fully saturated rings. The molecule has 0 unspecified atom stereocenters. The zero-order chi connectivity index (χ0) is 22.2. The first-order chi connectivity index (χ1) is 15.0. The van der Waals surface area contributed by atoms with E-state index in [1.54, 1.807) is 35.7 Å². The van der Waals surface area contributed by atoms with Crippen LogP contribution in [-0.4, -0.2) is 37.6 Å². The number of ether oxygens (including phenoxy) is 3. The van der Waals surface area contributed by atoms with E-state index < -0.39 is 0 Å². The Labute approximate surface area is 184 Å². The lowest BCUT2D eigenvalue weighted by Gasteiger charge is -2.10. The smallest absolute Gasteiger partial charge is 0.257 e. The van der Waals surface area contributed by atoms with E-state index in [2.05, 4.69) is 15.6 Å². The summed E-state index contributed by atoms with van der Waals surface area (Å²) < 4.78 is 15.9. The van der Waals surface area contributed by atoms with Crippen molar-refractivity contribution in [2.45, 2.75) is 13.3 Å². The van der Waals surface area contributed by atoms with E-state index in [0.717, 1.165) is 0 Å². The van der Waals surface area contributed by atoms with Crippen molar-refractivity contribution in [3.05, 3.63) is 59.1 Å². The van der Waals surface area contributed by atoms with Crippen molar-refractivity contribution < 1.29 is 23.8 Å². The normalized spacial score (nSPS) is 10.3. The van der Waals surface area contributed by atoms with Gasteiger partial charge in [-0.1, -0.05) is 12.1 Å². The first-order valence-corrected chi connectivity index (χ1v) is 10.4. The van der Waals surface area contributed by atoms with Gasteiger partial charge in [-0.3, -0.25) is 14.9 Å². The predicted molar refractivity (Wildman–Crippen MR) is 120 cm³/mol. The zero-order valence-electron chi connectivity index (χ0n) is 17.4. The van der Waals surface area contributed by atoms with Crippen LogP contribution in [0.4, 0.5) is 10.8 Å². The minimum absolute atomic E-state index is 0.0693. The third kappa shape index (κ3) is 5.95. The summed E-state index contributed by atoms with van der Waals surface area (Å²) in [6, 6.07) is 12.1. The molecule has 0 atom stereocenters. The molecule has 0 aliphatic heterocycles. The topological polar surface area (TPSA) is 98.8 Å². The molecular weight excluding hydrogens is 418 g/mol. The second-order valence-corrected chi connectivity index (χ2v) is 7.21. The number of amides is 2. The first kappa shape index (κ1) is 22.1. The molecule has 3 aromatic rings. The summed E-state index contributed by atoms with van der Waals surface area (Å²) in [4.78, 5) is 29.3. The third-order valence-corrected chi connectivity index (χ3v) is 5.00. The van der Waals surface area contributed by atoms with Gasteiger partial charge in [0.1, 0.15) is 17.2 Å². The number of aromatic nitrogens is 1. The largest absolute Gasteiger partial charge is 0.497 e. The molecule has 2 N–H and O–H groups in total. The fourth-order valence-corrected chi connectivity index (χ4v) is 3.47. The summed E-state index contributed by atoms with van der Waals surface area (Å²) >= 11 is 1.24. The summed E-state index contributed by atoms with van der Waals surface area (Å²) in [5.74, 6) is 1.04. The summed E-state index contributed by atoms with van der Waals surface area (Å²) in [7, 11) is 3.03. The Hall–Kier alpha value is -3.59. The van der Waals surface area contributed by atoms with Gasteiger partial charge in [0.2, 0.25) is 5.91 Å². The number of hydrogen-bond donors (Lipinski definition) is 2. The van der Waals surface area contributed by atoms with Crippen molar-refractivity contribution in [2.24, 2.45) is 0 Å². The molecule has 2 amide bonds. The third-order valence-electron chi connectivity index (χ3n) is 4.19. The number of methoxy groups -OCH3 is 2. The van der Waals surface area contributed by atoms with E-state index in [9.17, 15) is 9.59 Å². The van der Waals surface area contributed by atoms with Crippen LogP contribution in [-0.2, 0) is 11.2 Å². The molecule has 162 valence electrons. The van der Waals surface area contributed by atoms with Crippen LogP contribution in [0, 0.1) is 0 Å². The SMILES string of the molecule is CCOc1ccccc1NC(=O)Cc1csc(NC(=O)c2cc(OC)cc(OC)c2)n1. The Morgan fingerprint density at radius 3 is 2.42 bits per heavy atom. The average Bonchev–Trinajstić information content (AvgIpc) is 3.21. The van der Waals surface area contributed by atoms with Gasteiger partial charge in [0.25, 0.3) is 5.91 Å². The Kier molecular flexibility index (Phi) is 7.45. The van der Waals surface area contributed by atoms with Gasteiger partial charge in [-0.15, -0.1) is 11.3 Å². The number of anilines is 2. The Morgan fingerprint density at radius 2 is 1.74 bits per heavy atom. The van der Waals surface area contributed by atoms with Crippen molar-refractivity contribution in [3.8, 4) is 17.2 Å². The predicted octanol–water partition coefficient (Wildman–Crippen LogP) is 3.99. The number of benzene rings is 2. The number of rotatable bonds is 9. The second-order valence-electron chi connectivity index (χ2n) is 6.35. The van der Waals surface area contributed by atoms with Crippen LogP contribution in [0.5, 0.6) is 17.2 Å². The minimum Gasteiger partial charge on any atom is -0.497 e. The zero-order valence-corrected chi connectivity index (χ0v) is 18.2. The maximum absolute atomic E-state index is 12.6. The molecule has 3 rings (SSSR count). The maximum Gasteiger partial charge on any atom is 0.257 e. The molecule has 0 radical (unpaired) electrons. The van der Waals surface area contributed by atoms with Crippen LogP contribution in [0.15, 0.2) is 47.8 Å². The van der Waals surface area contributed by atoms with E-state index in [-0.39, 0.29) is 18.2 Å². The van der Waals surface area contributed by atoms with Gasteiger partial charge in [-0.05, 0) is 31.2 Å². The van der Waals surface area contributed by atoms with Crippen molar-refractivity contribution in [3.63, 3.8) is 0 Å². The lowest BCUT2D eigenvalue weighted by atomic mass is 10.2. The maximum atomic E-state index is 12.6. The number of nitrogens with one attached hydrogen (secondary N) is 2. The first-order valence-electron chi connectivity index (χ1n) is 9.53. The average molecular weight is 442 g/mol. The molecule has 2 aromatic carbocycles. The molecule has 0 spiro atoms. The van der Waals surface area contributed by atoms with E-state index in [1.807, 2.05) is 19.1 Å². The number of carbonyl (C=O) groups excluding carboxylic acids is 2. The van der Waals surface area contributed by atoms with Crippen LogP contribution in [0.25, 0.3) is 0 Å². The molecule has 1 aromatic heterocycles. The highest BCUT2D eigenvalue weighted by atomic mass is 32.1. The van der Waals surface area contributed by atoms with Gasteiger partial charge in [0, 0.05) is 17.0 Å². The van der Waals surface area contributed by atoms with Gasteiger partial charge in [-0.25, -0.2) is 4.98 Å². The van der Waals surface area contributed by atoms with Crippen molar-refractivity contribution in [2.75, 3.05) is 31.5 Å². The molecule has 0 aliphatic rings. The Morgan fingerprint density at radius 1 is 1.03 bits per heavy atom. The highest BCUT2D eigenvalue weighted by Gasteiger charge is 2.14. The monoisotopic (exact) mass is 441 g/mol. The van der Waals surface area contributed by atoms with Crippen LogP contribution in [0.3, 0.4) is 0 Å². The minimum atomic E-state index is -0.354. The van der Waals surface area contributed by atoms with Crippen molar-refractivity contribution in [1.29, 1.82) is 0 Å². The quantitative estimate of drug-likeness (QED) is 0.521. The summed E-state index contributed by atoms with van der Waals surface area (Å²) in [5.41, 5.74) is 1.53. The fraction of sp³-hybridized carbons (Fsp3) is 0.227. The number of thiazole rings is 1. The van der Waals surface area contributed by atoms with Crippen molar-refractivity contribution >= 4 is 34.0 Å². The molecule has 8 nitrogen and oxygen atoms in total. The number of carbonyl (C=O) groups is 2. The van der Waals surface area contributed by atoms with E-state index in [1.165, 1.54) is 25.6 Å². The molecular formula is C22H23N3O5S. The number of nitrogens with zero attached hydrogens (tertiary/aromatic N) is 1. The van der Waals surface area contributed by atoms with Crippen molar-refractivity contribution in [1.82, 2.24) is 4.98 Å². The standard InChI is InChI=1S/C22H23N3O5S/c1-4-30-19-8-6-5-7-18(19)24-20(26)11-15-13-31-22(23-15)25-21(27)14-9-16(28-2)12-17(10-14)29-3/h5-10,12-13H,4,11H2,1-3H3,(H,24,26)(H,23,25,27). The van der Waals surface area contributed by atoms with Crippen LogP contribution in [0.2, 0.25) is 0 Å². The summed E-state index contributed by atoms with van der Waals surface area (Å²) in [5, 5.41) is 7.69. The molecule has 9 heteroatoms. The van der Waals surface area contributed by atoms with Crippen LogP contribution < -0.4 is 24.8 Å². The molecule has 0 saturated heterocycles. The lowest BCUT2D eigenvalue weighted by molar-refractivity contribution is -0.115. The highest BCUT2D eigenvalue weighted by molar-refractivity contribution is 7.14.